The normalized spacial score (nSPS) is 12.6. The van der Waals surface area contributed by atoms with Crippen molar-refractivity contribution < 1.29 is 14.7 Å². The lowest BCUT2D eigenvalue weighted by molar-refractivity contribution is -0.149. The summed E-state index contributed by atoms with van der Waals surface area (Å²) in [5.41, 5.74) is 0. The van der Waals surface area contributed by atoms with Gasteiger partial charge in [-0.1, -0.05) is 13.8 Å². The van der Waals surface area contributed by atoms with Gasteiger partial charge in [-0.2, -0.15) is 0 Å². The molecule has 4 heteroatoms. The van der Waals surface area contributed by atoms with E-state index in [1.807, 2.05) is 0 Å². The molecule has 1 unspecified atom stereocenters. The van der Waals surface area contributed by atoms with Gasteiger partial charge in [0.1, 0.15) is 5.92 Å². The predicted octanol–water partition coefficient (Wildman–Crippen LogP) is 1.60. The highest BCUT2D eigenvalue weighted by atomic mass is 16.4. The molecular weight excluding hydrogens is 194 g/mol. The molecule has 0 heterocycles. The van der Waals surface area contributed by atoms with Crippen molar-refractivity contribution in [1.82, 2.24) is 4.90 Å². The molecule has 0 saturated heterocycles. The van der Waals surface area contributed by atoms with E-state index in [1.54, 1.807) is 7.05 Å². The molecule has 0 aliphatic rings. The van der Waals surface area contributed by atoms with E-state index in [1.165, 1.54) is 11.8 Å². The second-order valence-electron chi connectivity index (χ2n) is 4.36. The van der Waals surface area contributed by atoms with Gasteiger partial charge in [0.15, 0.2) is 0 Å². The summed E-state index contributed by atoms with van der Waals surface area (Å²) in [4.78, 5) is 23.6. The van der Waals surface area contributed by atoms with Crippen LogP contribution in [0.5, 0.6) is 0 Å². The van der Waals surface area contributed by atoms with Gasteiger partial charge >= 0.3 is 5.97 Å². The molecule has 0 aromatic heterocycles. The number of hydrogen-bond acceptors (Lipinski definition) is 2. The molecule has 0 aromatic carbocycles. The van der Waals surface area contributed by atoms with Crippen LogP contribution in [0.1, 0.15) is 33.6 Å². The first-order chi connectivity index (χ1) is 6.86. The Morgan fingerprint density at radius 2 is 1.80 bits per heavy atom. The Morgan fingerprint density at radius 3 is 2.20 bits per heavy atom. The molecule has 0 bridgehead atoms. The van der Waals surface area contributed by atoms with Gasteiger partial charge in [-0.15, -0.1) is 0 Å². The van der Waals surface area contributed by atoms with Crippen molar-refractivity contribution in [1.29, 1.82) is 0 Å². The fourth-order valence-electron chi connectivity index (χ4n) is 1.28. The molecule has 4 nitrogen and oxygen atoms in total. The van der Waals surface area contributed by atoms with Crippen LogP contribution in [-0.4, -0.2) is 35.5 Å². The van der Waals surface area contributed by atoms with Crippen molar-refractivity contribution in [3.8, 4) is 0 Å². The summed E-state index contributed by atoms with van der Waals surface area (Å²) in [6.45, 7) is 6.31. The summed E-state index contributed by atoms with van der Waals surface area (Å²) in [6.07, 6.45) is 1.98. The molecule has 0 aliphatic carbocycles. The molecule has 0 fully saturated rings. The summed E-state index contributed by atoms with van der Waals surface area (Å²) in [6, 6.07) is 0. The summed E-state index contributed by atoms with van der Waals surface area (Å²) < 4.78 is 0. The van der Waals surface area contributed by atoms with Crippen molar-refractivity contribution in [2.24, 2.45) is 11.8 Å². The van der Waals surface area contributed by atoms with E-state index in [4.69, 9.17) is 5.11 Å². The van der Waals surface area contributed by atoms with E-state index < -0.39 is 11.9 Å². The van der Waals surface area contributed by atoms with Crippen molar-refractivity contribution in [2.45, 2.75) is 33.6 Å². The van der Waals surface area contributed by atoms with Crippen LogP contribution in [0.2, 0.25) is 0 Å². The Kier molecular flexibility index (Phi) is 5.97. The molecule has 1 amide bonds. The van der Waals surface area contributed by atoms with Crippen molar-refractivity contribution in [3.63, 3.8) is 0 Å². The highest BCUT2D eigenvalue weighted by Gasteiger charge is 2.23. The van der Waals surface area contributed by atoms with Crippen LogP contribution in [0.15, 0.2) is 0 Å². The summed E-state index contributed by atoms with van der Waals surface area (Å²) >= 11 is 0. The zero-order valence-electron chi connectivity index (χ0n) is 9.99. The largest absolute Gasteiger partial charge is 0.481 e. The van der Waals surface area contributed by atoms with Crippen molar-refractivity contribution in [2.75, 3.05) is 13.6 Å². The van der Waals surface area contributed by atoms with Gasteiger partial charge in [0.25, 0.3) is 0 Å². The van der Waals surface area contributed by atoms with Crippen LogP contribution in [-0.2, 0) is 9.59 Å². The second kappa shape index (κ2) is 6.43. The Morgan fingerprint density at radius 1 is 1.27 bits per heavy atom. The summed E-state index contributed by atoms with van der Waals surface area (Å²) in [7, 11) is 1.65. The molecular formula is C11H21NO3. The number of carboxylic acid groups (broad SMARTS) is 1. The Hall–Kier alpha value is -1.06. The number of carbonyl (C=O) groups excluding carboxylic acids is 1. The SMILES string of the molecule is CC(C)CCCN(C)C(=O)C(C)C(=O)O. The Balaban J connectivity index is 3.94. The molecule has 0 spiro atoms. The standard InChI is InChI=1S/C11H21NO3/c1-8(2)6-5-7-12(4)10(13)9(3)11(14)15/h8-9H,5-7H2,1-4H3,(H,14,15). The minimum Gasteiger partial charge on any atom is -0.481 e. The van der Waals surface area contributed by atoms with Gasteiger partial charge in [0.2, 0.25) is 5.91 Å². The zero-order valence-corrected chi connectivity index (χ0v) is 9.99. The maximum atomic E-state index is 11.5. The minimum atomic E-state index is -1.06. The first kappa shape index (κ1) is 13.9. The van der Waals surface area contributed by atoms with Gasteiger partial charge in [0, 0.05) is 13.6 Å². The van der Waals surface area contributed by atoms with E-state index in [2.05, 4.69) is 13.8 Å². The van der Waals surface area contributed by atoms with E-state index in [9.17, 15) is 9.59 Å². The lowest BCUT2D eigenvalue weighted by Crippen LogP contribution is -2.36. The lowest BCUT2D eigenvalue weighted by Gasteiger charge is -2.19. The number of amides is 1. The fraction of sp³-hybridized carbons (Fsp3) is 0.818. The molecule has 1 N–H and O–H groups in total. The molecule has 1 atom stereocenters. The van der Waals surface area contributed by atoms with Crippen molar-refractivity contribution in [3.05, 3.63) is 0 Å². The molecule has 88 valence electrons. The predicted molar refractivity (Wildman–Crippen MR) is 58.5 cm³/mol. The van der Waals surface area contributed by atoms with Gasteiger partial charge in [-0.25, -0.2) is 0 Å². The molecule has 15 heavy (non-hydrogen) atoms. The van der Waals surface area contributed by atoms with E-state index in [0.29, 0.717) is 12.5 Å². The van der Waals surface area contributed by atoms with Crippen molar-refractivity contribution >= 4 is 11.9 Å². The van der Waals surface area contributed by atoms with Crippen LogP contribution in [0.25, 0.3) is 0 Å². The van der Waals surface area contributed by atoms with Gasteiger partial charge in [-0.3, -0.25) is 9.59 Å². The maximum absolute atomic E-state index is 11.5. The number of carbonyl (C=O) groups is 2. The topological polar surface area (TPSA) is 57.6 Å². The smallest absolute Gasteiger partial charge is 0.315 e. The van der Waals surface area contributed by atoms with E-state index in [-0.39, 0.29) is 5.91 Å². The van der Waals surface area contributed by atoms with Crippen LogP contribution < -0.4 is 0 Å². The third-order valence-electron chi connectivity index (χ3n) is 2.39. The Labute approximate surface area is 91.3 Å². The molecule has 0 saturated carbocycles. The second-order valence-corrected chi connectivity index (χ2v) is 4.36. The number of aliphatic carboxylic acids is 1. The molecule has 0 aliphatic heterocycles. The monoisotopic (exact) mass is 215 g/mol. The highest BCUT2D eigenvalue weighted by Crippen LogP contribution is 2.06. The van der Waals surface area contributed by atoms with E-state index >= 15 is 0 Å². The van der Waals surface area contributed by atoms with Crippen LogP contribution in [0.3, 0.4) is 0 Å². The number of nitrogens with zero attached hydrogens (tertiary/aromatic N) is 1. The first-order valence-corrected chi connectivity index (χ1v) is 5.34. The van der Waals surface area contributed by atoms with Crippen LogP contribution in [0.4, 0.5) is 0 Å². The quantitative estimate of drug-likeness (QED) is 0.685. The number of rotatable bonds is 6. The first-order valence-electron chi connectivity index (χ1n) is 5.34. The molecule has 0 aromatic rings. The molecule has 0 radical (unpaired) electrons. The average Bonchev–Trinajstić information content (AvgIpc) is 2.14. The average molecular weight is 215 g/mol. The third-order valence-corrected chi connectivity index (χ3v) is 2.39. The third kappa shape index (κ3) is 5.40. The zero-order chi connectivity index (χ0) is 12.0. The fourth-order valence-corrected chi connectivity index (χ4v) is 1.28. The maximum Gasteiger partial charge on any atom is 0.315 e. The minimum absolute atomic E-state index is 0.314. The van der Waals surface area contributed by atoms with Gasteiger partial charge in [0.05, 0.1) is 0 Å². The van der Waals surface area contributed by atoms with Crippen LogP contribution in [0, 0.1) is 11.8 Å². The molecule has 0 rings (SSSR count). The number of carboxylic acids is 1. The lowest BCUT2D eigenvalue weighted by atomic mass is 10.1. The summed E-state index contributed by atoms with van der Waals surface area (Å²) in [5.74, 6) is -1.69. The summed E-state index contributed by atoms with van der Waals surface area (Å²) in [5, 5.41) is 8.67. The van der Waals surface area contributed by atoms with E-state index in [0.717, 1.165) is 12.8 Å². The van der Waals surface area contributed by atoms with Gasteiger partial charge in [-0.05, 0) is 25.7 Å². The Bertz CT molecular complexity index is 226. The van der Waals surface area contributed by atoms with Crippen LogP contribution >= 0.6 is 0 Å². The van der Waals surface area contributed by atoms with Gasteiger partial charge < -0.3 is 10.0 Å². The highest BCUT2D eigenvalue weighted by molar-refractivity contribution is 5.96. The number of hydrogen-bond donors (Lipinski definition) is 1.